The molecule has 20 heavy (non-hydrogen) atoms. The SMILES string of the molecule is NC1(COCCOc2cccc(Br)c2)CCCCCC1. The topological polar surface area (TPSA) is 44.5 Å². The van der Waals surface area contributed by atoms with E-state index in [1.165, 1.54) is 25.7 Å². The summed E-state index contributed by atoms with van der Waals surface area (Å²) in [6.07, 6.45) is 7.25. The first kappa shape index (κ1) is 15.8. The van der Waals surface area contributed by atoms with Crippen LogP contribution in [0.15, 0.2) is 28.7 Å². The van der Waals surface area contributed by atoms with Crippen molar-refractivity contribution in [1.82, 2.24) is 0 Å². The zero-order valence-electron chi connectivity index (χ0n) is 11.9. The van der Waals surface area contributed by atoms with Gasteiger partial charge in [0.1, 0.15) is 12.4 Å². The molecular weight excluding hydrogens is 318 g/mol. The Morgan fingerprint density at radius 1 is 1.10 bits per heavy atom. The van der Waals surface area contributed by atoms with Crippen LogP contribution < -0.4 is 10.5 Å². The van der Waals surface area contributed by atoms with Crippen LogP contribution in [-0.4, -0.2) is 25.4 Å². The van der Waals surface area contributed by atoms with Crippen molar-refractivity contribution in [1.29, 1.82) is 0 Å². The van der Waals surface area contributed by atoms with E-state index in [4.69, 9.17) is 15.2 Å². The van der Waals surface area contributed by atoms with E-state index >= 15 is 0 Å². The maximum atomic E-state index is 6.40. The molecule has 4 heteroatoms. The highest BCUT2D eigenvalue weighted by Gasteiger charge is 2.26. The summed E-state index contributed by atoms with van der Waals surface area (Å²) in [5.41, 5.74) is 6.28. The van der Waals surface area contributed by atoms with Gasteiger partial charge >= 0.3 is 0 Å². The summed E-state index contributed by atoms with van der Waals surface area (Å²) >= 11 is 3.42. The second-order valence-corrected chi connectivity index (χ2v) is 6.55. The van der Waals surface area contributed by atoms with Crippen LogP contribution in [-0.2, 0) is 4.74 Å². The van der Waals surface area contributed by atoms with Crippen LogP contribution in [0.25, 0.3) is 0 Å². The van der Waals surface area contributed by atoms with Crippen LogP contribution in [0.5, 0.6) is 5.75 Å². The Morgan fingerprint density at radius 3 is 2.55 bits per heavy atom. The molecular formula is C16H24BrNO2. The zero-order valence-corrected chi connectivity index (χ0v) is 13.5. The summed E-state index contributed by atoms with van der Waals surface area (Å²) in [5.74, 6) is 0.861. The molecule has 1 aromatic rings. The van der Waals surface area contributed by atoms with Crippen molar-refractivity contribution < 1.29 is 9.47 Å². The summed E-state index contributed by atoms with van der Waals surface area (Å²) in [5, 5.41) is 0. The van der Waals surface area contributed by atoms with Gasteiger partial charge in [0.2, 0.25) is 0 Å². The van der Waals surface area contributed by atoms with Crippen molar-refractivity contribution in [2.45, 2.75) is 44.1 Å². The Bertz CT molecular complexity index is 403. The highest BCUT2D eigenvalue weighted by molar-refractivity contribution is 9.10. The van der Waals surface area contributed by atoms with E-state index in [2.05, 4.69) is 15.9 Å². The van der Waals surface area contributed by atoms with E-state index in [1.807, 2.05) is 24.3 Å². The number of hydrogen-bond acceptors (Lipinski definition) is 3. The number of halogens is 1. The van der Waals surface area contributed by atoms with Crippen LogP contribution in [0.1, 0.15) is 38.5 Å². The van der Waals surface area contributed by atoms with Gasteiger partial charge in [0.15, 0.2) is 0 Å². The van der Waals surface area contributed by atoms with Crippen molar-refractivity contribution in [2.24, 2.45) is 5.73 Å². The van der Waals surface area contributed by atoms with Gasteiger partial charge in [-0.1, -0.05) is 47.7 Å². The molecule has 1 aliphatic carbocycles. The van der Waals surface area contributed by atoms with Crippen LogP contribution in [0.4, 0.5) is 0 Å². The summed E-state index contributed by atoms with van der Waals surface area (Å²) in [6.45, 7) is 1.80. The maximum Gasteiger partial charge on any atom is 0.120 e. The predicted molar refractivity (Wildman–Crippen MR) is 85.1 cm³/mol. The van der Waals surface area contributed by atoms with E-state index in [9.17, 15) is 0 Å². The molecule has 0 saturated heterocycles. The third-order valence-corrected chi connectivity index (χ3v) is 4.27. The quantitative estimate of drug-likeness (QED) is 0.630. The lowest BCUT2D eigenvalue weighted by atomic mass is 9.93. The fourth-order valence-corrected chi connectivity index (χ4v) is 3.01. The molecule has 1 aromatic carbocycles. The molecule has 2 N–H and O–H groups in total. The highest BCUT2D eigenvalue weighted by atomic mass is 79.9. The van der Waals surface area contributed by atoms with Gasteiger partial charge in [0.05, 0.1) is 13.2 Å². The number of rotatable bonds is 6. The number of benzene rings is 1. The van der Waals surface area contributed by atoms with Gasteiger partial charge in [-0.15, -0.1) is 0 Å². The summed E-state index contributed by atoms with van der Waals surface area (Å²) in [4.78, 5) is 0. The second-order valence-electron chi connectivity index (χ2n) is 5.64. The smallest absolute Gasteiger partial charge is 0.120 e. The van der Waals surface area contributed by atoms with E-state index in [-0.39, 0.29) is 5.54 Å². The van der Waals surface area contributed by atoms with E-state index in [0.717, 1.165) is 23.1 Å². The van der Waals surface area contributed by atoms with Gasteiger partial charge in [-0.2, -0.15) is 0 Å². The van der Waals surface area contributed by atoms with E-state index in [0.29, 0.717) is 19.8 Å². The van der Waals surface area contributed by atoms with Gasteiger partial charge in [-0.3, -0.25) is 0 Å². The first-order valence-electron chi connectivity index (χ1n) is 7.43. The average molecular weight is 342 g/mol. The number of hydrogen-bond donors (Lipinski definition) is 1. The van der Waals surface area contributed by atoms with Crippen LogP contribution in [0, 0.1) is 0 Å². The molecule has 3 nitrogen and oxygen atoms in total. The fraction of sp³-hybridized carbons (Fsp3) is 0.625. The molecule has 0 radical (unpaired) electrons. The zero-order chi connectivity index (χ0) is 14.3. The van der Waals surface area contributed by atoms with Crippen LogP contribution in [0.2, 0.25) is 0 Å². The van der Waals surface area contributed by atoms with Crippen molar-refractivity contribution in [3.63, 3.8) is 0 Å². The molecule has 0 bridgehead atoms. The van der Waals surface area contributed by atoms with Crippen molar-refractivity contribution in [3.8, 4) is 5.75 Å². The Labute approximate surface area is 130 Å². The molecule has 0 aliphatic heterocycles. The summed E-state index contributed by atoms with van der Waals surface area (Å²) < 4.78 is 12.4. The van der Waals surface area contributed by atoms with Crippen molar-refractivity contribution >= 4 is 15.9 Å². The number of ether oxygens (including phenoxy) is 2. The normalized spacial score (nSPS) is 18.5. The molecule has 0 aromatic heterocycles. The molecule has 0 unspecified atom stereocenters. The molecule has 0 heterocycles. The monoisotopic (exact) mass is 341 g/mol. The third kappa shape index (κ3) is 5.43. The molecule has 0 amide bonds. The van der Waals surface area contributed by atoms with Gasteiger partial charge in [0, 0.05) is 10.0 Å². The second kappa shape index (κ2) is 8.01. The molecule has 1 saturated carbocycles. The Kier molecular flexibility index (Phi) is 6.33. The molecule has 1 aliphatic rings. The minimum Gasteiger partial charge on any atom is -0.491 e. The molecule has 0 spiro atoms. The summed E-state index contributed by atoms with van der Waals surface area (Å²) in [6, 6.07) is 7.84. The maximum absolute atomic E-state index is 6.40. The highest BCUT2D eigenvalue weighted by Crippen LogP contribution is 2.25. The van der Waals surface area contributed by atoms with Gasteiger partial charge in [0.25, 0.3) is 0 Å². The average Bonchev–Trinajstić information content (AvgIpc) is 2.64. The first-order valence-corrected chi connectivity index (χ1v) is 8.22. The molecule has 1 fully saturated rings. The first-order chi connectivity index (χ1) is 9.68. The minimum absolute atomic E-state index is 0.119. The molecule has 112 valence electrons. The molecule has 0 atom stereocenters. The minimum atomic E-state index is -0.119. The van der Waals surface area contributed by atoms with Crippen molar-refractivity contribution in [2.75, 3.05) is 19.8 Å². The third-order valence-electron chi connectivity index (χ3n) is 3.78. The largest absolute Gasteiger partial charge is 0.491 e. The number of nitrogens with two attached hydrogens (primary N) is 1. The lowest BCUT2D eigenvalue weighted by Crippen LogP contribution is -2.44. The standard InChI is InChI=1S/C16H24BrNO2/c17-14-6-5-7-15(12-14)20-11-10-19-13-16(18)8-3-1-2-4-9-16/h5-7,12H,1-4,8-11,13,18H2. The lowest BCUT2D eigenvalue weighted by Gasteiger charge is -2.27. The molecule has 2 rings (SSSR count). The Morgan fingerprint density at radius 2 is 1.85 bits per heavy atom. The lowest BCUT2D eigenvalue weighted by molar-refractivity contribution is 0.0574. The van der Waals surface area contributed by atoms with E-state index < -0.39 is 0 Å². The van der Waals surface area contributed by atoms with Crippen LogP contribution in [0.3, 0.4) is 0 Å². The Hall–Kier alpha value is -0.580. The van der Waals surface area contributed by atoms with E-state index in [1.54, 1.807) is 0 Å². The fourth-order valence-electron chi connectivity index (χ4n) is 2.63. The predicted octanol–water partition coefficient (Wildman–Crippen LogP) is 3.90. The Balaban J connectivity index is 1.63. The summed E-state index contributed by atoms with van der Waals surface area (Å²) in [7, 11) is 0. The van der Waals surface area contributed by atoms with Gasteiger partial charge < -0.3 is 15.2 Å². The van der Waals surface area contributed by atoms with Crippen LogP contribution >= 0.6 is 15.9 Å². The van der Waals surface area contributed by atoms with Gasteiger partial charge in [-0.25, -0.2) is 0 Å². The van der Waals surface area contributed by atoms with Crippen molar-refractivity contribution in [3.05, 3.63) is 28.7 Å². The van der Waals surface area contributed by atoms with Gasteiger partial charge in [-0.05, 0) is 31.0 Å².